The molecule has 7 nitrogen and oxygen atoms in total. The summed E-state index contributed by atoms with van der Waals surface area (Å²) in [5, 5.41) is 11.9. The second-order valence-corrected chi connectivity index (χ2v) is 8.35. The van der Waals surface area contributed by atoms with Gasteiger partial charge in [0.1, 0.15) is 23.2 Å². The van der Waals surface area contributed by atoms with Crippen molar-refractivity contribution in [3.63, 3.8) is 0 Å². The quantitative estimate of drug-likeness (QED) is 0.295. The van der Waals surface area contributed by atoms with E-state index >= 15 is 0 Å². The molecule has 0 aliphatic rings. The van der Waals surface area contributed by atoms with Crippen molar-refractivity contribution in [1.29, 1.82) is 0 Å². The van der Waals surface area contributed by atoms with Gasteiger partial charge in [0.2, 0.25) is 5.91 Å². The largest absolute Gasteiger partial charge is 0.573 e. The number of thiophene rings is 1. The van der Waals surface area contributed by atoms with Crippen LogP contribution in [0.5, 0.6) is 5.75 Å². The van der Waals surface area contributed by atoms with Gasteiger partial charge in [-0.3, -0.25) is 9.59 Å². The van der Waals surface area contributed by atoms with Gasteiger partial charge < -0.3 is 15.2 Å². The number of benzene rings is 1. The maximum atomic E-state index is 12.5. The molecule has 0 aliphatic carbocycles. The minimum Gasteiger partial charge on any atom is -0.406 e. The Bertz CT molecular complexity index is 1120. The summed E-state index contributed by atoms with van der Waals surface area (Å²) in [5.74, 6) is -0.671. The molecule has 164 valence electrons. The van der Waals surface area contributed by atoms with Gasteiger partial charge in [0.15, 0.2) is 5.78 Å². The van der Waals surface area contributed by atoms with E-state index in [0.717, 1.165) is 16.6 Å². The zero-order valence-electron chi connectivity index (χ0n) is 16.0. The first kappa shape index (κ1) is 23.0. The van der Waals surface area contributed by atoms with Gasteiger partial charge in [-0.05, 0) is 37.3 Å². The number of thioether (sulfide) groups is 1. The Morgan fingerprint density at radius 3 is 2.71 bits per heavy atom. The van der Waals surface area contributed by atoms with E-state index in [1.165, 1.54) is 29.5 Å². The molecule has 31 heavy (non-hydrogen) atoms. The zero-order chi connectivity index (χ0) is 22.6. The first-order valence-corrected chi connectivity index (χ1v) is 10.6. The van der Waals surface area contributed by atoms with Crippen molar-refractivity contribution in [2.45, 2.75) is 24.9 Å². The average Bonchev–Trinajstić information content (AvgIpc) is 3.18. The number of alkyl halides is 3. The van der Waals surface area contributed by atoms with Gasteiger partial charge in [-0.15, -0.1) is 24.5 Å². The topological polar surface area (TPSA) is 101 Å². The minimum absolute atomic E-state index is 0.0128. The average molecular weight is 471 g/mol. The van der Waals surface area contributed by atoms with E-state index in [9.17, 15) is 22.8 Å². The Labute approximate surface area is 182 Å². The number of hydrogen-bond donors (Lipinski definition) is 2. The first-order valence-electron chi connectivity index (χ1n) is 8.81. The summed E-state index contributed by atoms with van der Waals surface area (Å²) in [6.45, 7) is 1.23. The molecule has 1 aromatic carbocycles. The third-order valence-corrected chi connectivity index (χ3v) is 5.97. The lowest BCUT2D eigenvalue weighted by Crippen LogP contribution is -2.25. The number of rotatable bonds is 8. The molecule has 0 fully saturated rings. The predicted molar refractivity (Wildman–Crippen MR) is 109 cm³/mol. The highest BCUT2D eigenvalue weighted by Gasteiger charge is 2.31. The Kier molecular flexibility index (Phi) is 7.13. The summed E-state index contributed by atoms with van der Waals surface area (Å²) in [4.78, 5) is 33.3. The van der Waals surface area contributed by atoms with E-state index < -0.39 is 24.6 Å². The number of carbonyl (C=O) groups is 2. The van der Waals surface area contributed by atoms with Gasteiger partial charge in [-0.25, -0.2) is 9.97 Å². The van der Waals surface area contributed by atoms with Gasteiger partial charge in [0.05, 0.1) is 22.7 Å². The maximum Gasteiger partial charge on any atom is 0.573 e. The summed E-state index contributed by atoms with van der Waals surface area (Å²) in [5.41, 5.74) is 0.440. The number of aliphatic hydroxyl groups excluding tert-OH is 1. The highest BCUT2D eigenvalue weighted by Crippen LogP contribution is 2.31. The van der Waals surface area contributed by atoms with Crippen LogP contribution in [-0.4, -0.2) is 45.5 Å². The Morgan fingerprint density at radius 1 is 1.23 bits per heavy atom. The molecule has 3 aromatic rings. The summed E-state index contributed by atoms with van der Waals surface area (Å²) < 4.78 is 41.6. The molecule has 0 saturated carbocycles. The summed E-state index contributed by atoms with van der Waals surface area (Å²) in [6, 6.07) is 7.10. The van der Waals surface area contributed by atoms with Crippen LogP contribution in [0.1, 0.15) is 20.4 Å². The monoisotopic (exact) mass is 471 g/mol. The van der Waals surface area contributed by atoms with Crippen molar-refractivity contribution >= 4 is 45.7 Å². The molecule has 3 rings (SSSR count). The molecule has 0 saturated heterocycles. The molecule has 0 aliphatic heterocycles. The number of Topliss-reactive ketones (excluding diaryl/α,β-unsaturated/α-hetero) is 1. The van der Waals surface area contributed by atoms with Crippen LogP contribution in [-0.2, 0) is 11.3 Å². The SMILES string of the molecule is Cc1nc(SCC(=O)c2ccc(CNC(=O)CO)s2)c2cc(OC(F)(F)F)ccc2n1. The molecule has 0 spiro atoms. The van der Waals surface area contributed by atoms with E-state index in [0.29, 0.717) is 26.6 Å². The molecule has 0 bridgehead atoms. The number of hydrogen-bond acceptors (Lipinski definition) is 8. The molecule has 0 radical (unpaired) electrons. The number of nitrogens with one attached hydrogen (secondary N) is 1. The van der Waals surface area contributed by atoms with Gasteiger partial charge in [-0.1, -0.05) is 11.8 Å². The molecular weight excluding hydrogens is 455 g/mol. The molecule has 1 amide bonds. The number of ether oxygens (including phenoxy) is 1. The standard InChI is InChI=1S/C19H16F3N3O4S2/c1-10-24-14-4-2-11(29-19(20,21)22)6-13(14)18(25-10)30-9-15(27)16-5-3-12(31-16)7-23-17(28)8-26/h2-6,26H,7-9H2,1H3,(H,23,28). The minimum atomic E-state index is -4.82. The zero-order valence-corrected chi connectivity index (χ0v) is 17.7. The van der Waals surface area contributed by atoms with Gasteiger partial charge in [0, 0.05) is 10.3 Å². The second-order valence-electron chi connectivity index (χ2n) is 6.22. The number of aliphatic hydroxyl groups is 1. The van der Waals surface area contributed by atoms with Crippen LogP contribution in [0.2, 0.25) is 0 Å². The molecule has 12 heteroatoms. The number of halogens is 3. The van der Waals surface area contributed by atoms with Crippen LogP contribution in [0.3, 0.4) is 0 Å². The van der Waals surface area contributed by atoms with Crippen molar-refractivity contribution < 1.29 is 32.6 Å². The lowest BCUT2D eigenvalue weighted by Gasteiger charge is -2.11. The lowest BCUT2D eigenvalue weighted by molar-refractivity contribution is -0.274. The fourth-order valence-corrected chi connectivity index (χ4v) is 4.48. The first-order chi connectivity index (χ1) is 14.6. The Balaban J connectivity index is 1.74. The Morgan fingerprint density at radius 2 is 2.00 bits per heavy atom. The molecular formula is C19H16F3N3O4S2. The van der Waals surface area contributed by atoms with Crippen molar-refractivity contribution in [1.82, 2.24) is 15.3 Å². The number of aromatic nitrogens is 2. The van der Waals surface area contributed by atoms with Crippen molar-refractivity contribution in [3.8, 4) is 5.75 Å². The molecule has 2 heterocycles. The summed E-state index contributed by atoms with van der Waals surface area (Å²) in [7, 11) is 0. The van der Waals surface area contributed by atoms with Crippen molar-refractivity contribution in [2.75, 3.05) is 12.4 Å². The predicted octanol–water partition coefficient (Wildman–Crippen LogP) is 3.48. The van der Waals surface area contributed by atoms with Gasteiger partial charge in [-0.2, -0.15) is 0 Å². The van der Waals surface area contributed by atoms with Crippen molar-refractivity contribution in [3.05, 3.63) is 45.9 Å². The number of aryl methyl sites for hydroxylation is 1. The number of amides is 1. The third-order valence-electron chi connectivity index (χ3n) is 3.86. The van der Waals surface area contributed by atoms with Crippen molar-refractivity contribution in [2.24, 2.45) is 0 Å². The number of fused-ring (bicyclic) bond motifs is 1. The lowest BCUT2D eigenvalue weighted by atomic mass is 10.2. The maximum absolute atomic E-state index is 12.5. The molecule has 2 N–H and O–H groups in total. The van der Waals surface area contributed by atoms with E-state index in [-0.39, 0.29) is 18.1 Å². The number of nitrogens with zero attached hydrogens (tertiary/aromatic N) is 2. The number of ketones is 1. The molecule has 2 aromatic heterocycles. The van der Waals surface area contributed by atoms with Gasteiger partial charge in [0.25, 0.3) is 0 Å². The highest BCUT2D eigenvalue weighted by atomic mass is 32.2. The fourth-order valence-electron chi connectivity index (χ4n) is 2.57. The molecule has 0 atom stereocenters. The highest BCUT2D eigenvalue weighted by molar-refractivity contribution is 8.00. The van der Waals surface area contributed by atoms with E-state index in [1.807, 2.05) is 0 Å². The smallest absolute Gasteiger partial charge is 0.406 e. The van der Waals surface area contributed by atoms with Crippen LogP contribution < -0.4 is 10.1 Å². The summed E-state index contributed by atoms with van der Waals surface area (Å²) >= 11 is 2.30. The normalized spacial score (nSPS) is 11.5. The Hall–Kier alpha value is -2.70. The van der Waals surface area contributed by atoms with Crippen LogP contribution in [0.25, 0.3) is 10.9 Å². The van der Waals surface area contributed by atoms with E-state index in [2.05, 4.69) is 20.0 Å². The van der Waals surface area contributed by atoms with E-state index in [4.69, 9.17) is 5.11 Å². The van der Waals surface area contributed by atoms with Crippen LogP contribution in [0.15, 0.2) is 35.4 Å². The number of carbonyl (C=O) groups excluding carboxylic acids is 2. The van der Waals surface area contributed by atoms with Crippen LogP contribution in [0.4, 0.5) is 13.2 Å². The van der Waals surface area contributed by atoms with Crippen LogP contribution >= 0.6 is 23.1 Å². The fraction of sp³-hybridized carbons (Fsp3) is 0.263. The van der Waals surface area contributed by atoms with Gasteiger partial charge >= 0.3 is 6.36 Å². The van der Waals surface area contributed by atoms with Crippen LogP contribution in [0, 0.1) is 6.92 Å². The molecule has 0 unspecified atom stereocenters. The summed E-state index contributed by atoms with van der Waals surface area (Å²) in [6.07, 6.45) is -4.82. The third kappa shape index (κ3) is 6.39. The second kappa shape index (κ2) is 9.62. The van der Waals surface area contributed by atoms with E-state index in [1.54, 1.807) is 19.1 Å².